The van der Waals surface area contributed by atoms with E-state index < -0.39 is 17.7 Å². The Kier molecular flexibility index (Phi) is 6.64. The molecular weight excluding hydrogens is 482 g/mol. The van der Waals surface area contributed by atoms with Gasteiger partial charge in [0.2, 0.25) is 5.88 Å². The molecule has 4 rings (SSSR count). The highest BCUT2D eigenvalue weighted by molar-refractivity contribution is 6.37. The van der Waals surface area contributed by atoms with E-state index in [1.807, 2.05) is 6.07 Å². The van der Waals surface area contributed by atoms with Crippen molar-refractivity contribution in [2.45, 2.75) is 12.8 Å². The molecule has 1 atom stereocenters. The summed E-state index contributed by atoms with van der Waals surface area (Å²) in [6.45, 7) is 2.15. The summed E-state index contributed by atoms with van der Waals surface area (Å²) < 4.78 is 30.3. The van der Waals surface area contributed by atoms with Crippen molar-refractivity contribution >= 4 is 29.2 Å². The first-order valence-corrected chi connectivity index (χ1v) is 10.9. The van der Waals surface area contributed by atoms with E-state index in [2.05, 4.69) is 0 Å². The summed E-state index contributed by atoms with van der Waals surface area (Å²) in [6, 6.07) is 15.4. The second-order valence-corrected chi connectivity index (χ2v) is 8.09. The van der Waals surface area contributed by atoms with Gasteiger partial charge in [0.25, 0.3) is 0 Å². The zero-order chi connectivity index (χ0) is 24.4. The summed E-state index contributed by atoms with van der Waals surface area (Å²) in [5.74, 6) is -1.18. The molecule has 3 aromatic rings. The molecule has 1 unspecified atom stereocenters. The van der Waals surface area contributed by atoms with Crippen LogP contribution in [-0.2, 0) is 0 Å². The fourth-order valence-electron chi connectivity index (χ4n) is 3.65. The SMILES string of the molecule is CCOc1c(Cl)cc(C(=O)Oc2ccc3c(c2)OC(N)=C(C#N)C3c2cccc(F)c2)cc1Cl. The van der Waals surface area contributed by atoms with E-state index in [1.54, 1.807) is 31.2 Å². The van der Waals surface area contributed by atoms with Crippen LogP contribution in [0.15, 0.2) is 66.1 Å². The van der Waals surface area contributed by atoms with Crippen LogP contribution in [0.1, 0.15) is 34.3 Å². The van der Waals surface area contributed by atoms with Gasteiger partial charge in [-0.3, -0.25) is 0 Å². The molecule has 3 aromatic carbocycles. The lowest BCUT2D eigenvalue weighted by Gasteiger charge is -2.26. The average molecular weight is 499 g/mol. The maximum absolute atomic E-state index is 13.9. The van der Waals surface area contributed by atoms with Gasteiger partial charge in [-0.05, 0) is 42.8 Å². The van der Waals surface area contributed by atoms with Crippen molar-refractivity contribution in [1.82, 2.24) is 0 Å². The third-order valence-electron chi connectivity index (χ3n) is 5.11. The van der Waals surface area contributed by atoms with E-state index in [-0.39, 0.29) is 44.3 Å². The molecule has 0 aromatic heterocycles. The Morgan fingerprint density at radius 1 is 1.18 bits per heavy atom. The Morgan fingerprint density at radius 3 is 2.56 bits per heavy atom. The predicted molar refractivity (Wildman–Crippen MR) is 125 cm³/mol. The van der Waals surface area contributed by atoms with Crippen molar-refractivity contribution in [2.24, 2.45) is 5.73 Å². The van der Waals surface area contributed by atoms with Crippen LogP contribution in [0.3, 0.4) is 0 Å². The first-order chi connectivity index (χ1) is 16.3. The molecule has 9 heteroatoms. The Hall–Kier alpha value is -3.73. The number of benzene rings is 3. The number of fused-ring (bicyclic) bond motifs is 1. The number of nitriles is 1. The van der Waals surface area contributed by atoms with E-state index in [9.17, 15) is 14.4 Å². The number of hydrogen-bond acceptors (Lipinski definition) is 6. The number of allylic oxidation sites excluding steroid dienone is 1. The van der Waals surface area contributed by atoms with Gasteiger partial charge in [0.1, 0.15) is 29.0 Å². The minimum atomic E-state index is -0.703. The van der Waals surface area contributed by atoms with Crippen LogP contribution in [0, 0.1) is 17.1 Å². The number of carbonyl (C=O) groups is 1. The highest BCUT2D eigenvalue weighted by atomic mass is 35.5. The predicted octanol–water partition coefficient (Wildman–Crippen LogP) is 5.97. The molecule has 1 aliphatic rings. The Bertz CT molecular complexity index is 1340. The minimum absolute atomic E-state index is 0.113. The number of nitrogens with two attached hydrogens (primary N) is 1. The third kappa shape index (κ3) is 4.51. The lowest BCUT2D eigenvalue weighted by Crippen LogP contribution is -2.21. The molecule has 1 heterocycles. The fraction of sp³-hybridized carbons (Fsp3) is 0.120. The summed E-state index contributed by atoms with van der Waals surface area (Å²) in [4.78, 5) is 12.7. The minimum Gasteiger partial charge on any atom is -0.491 e. The topological polar surface area (TPSA) is 94.6 Å². The molecule has 6 nitrogen and oxygen atoms in total. The molecule has 172 valence electrons. The second kappa shape index (κ2) is 9.64. The molecule has 1 aliphatic heterocycles. The molecule has 0 fully saturated rings. The van der Waals surface area contributed by atoms with Crippen LogP contribution < -0.4 is 19.9 Å². The van der Waals surface area contributed by atoms with Crippen molar-refractivity contribution in [1.29, 1.82) is 5.26 Å². The lowest BCUT2D eigenvalue weighted by atomic mass is 9.83. The van der Waals surface area contributed by atoms with Gasteiger partial charge >= 0.3 is 5.97 Å². The zero-order valence-corrected chi connectivity index (χ0v) is 19.3. The molecule has 2 N–H and O–H groups in total. The van der Waals surface area contributed by atoms with Crippen LogP contribution in [-0.4, -0.2) is 12.6 Å². The summed E-state index contributed by atoms with van der Waals surface area (Å²) in [5, 5.41) is 9.98. The molecule has 0 amide bonds. The van der Waals surface area contributed by atoms with Crippen LogP contribution in [0.2, 0.25) is 10.0 Å². The standard InChI is InChI=1S/C25H17Cl2FN2O4/c1-2-32-23-19(26)9-14(10-20(23)27)25(31)33-16-6-7-17-21(11-16)34-24(30)18(12-29)22(17)13-4-3-5-15(28)8-13/h3-11,22H,2,30H2,1H3. The van der Waals surface area contributed by atoms with Gasteiger partial charge in [-0.25, -0.2) is 9.18 Å². The van der Waals surface area contributed by atoms with Gasteiger partial charge in [0.15, 0.2) is 5.75 Å². The highest BCUT2D eigenvalue weighted by Gasteiger charge is 2.31. The van der Waals surface area contributed by atoms with Gasteiger partial charge in [0.05, 0.1) is 28.1 Å². The maximum atomic E-state index is 13.9. The van der Waals surface area contributed by atoms with Gasteiger partial charge in [0, 0.05) is 11.6 Å². The van der Waals surface area contributed by atoms with E-state index >= 15 is 0 Å². The van der Waals surface area contributed by atoms with Gasteiger partial charge in [-0.15, -0.1) is 0 Å². The first kappa shape index (κ1) is 23.4. The van der Waals surface area contributed by atoms with Crippen molar-refractivity contribution < 1.29 is 23.4 Å². The number of carbonyl (C=O) groups excluding carboxylic acids is 1. The van der Waals surface area contributed by atoms with Crippen LogP contribution in [0.4, 0.5) is 4.39 Å². The molecule has 34 heavy (non-hydrogen) atoms. The Morgan fingerprint density at radius 2 is 1.91 bits per heavy atom. The average Bonchev–Trinajstić information content (AvgIpc) is 2.80. The number of hydrogen-bond donors (Lipinski definition) is 1. The molecular formula is C25H17Cl2FN2O4. The van der Waals surface area contributed by atoms with Gasteiger partial charge < -0.3 is 19.9 Å². The summed E-state index contributed by atoms with van der Waals surface area (Å²) >= 11 is 12.3. The normalized spacial score (nSPS) is 14.6. The van der Waals surface area contributed by atoms with E-state index in [4.69, 9.17) is 43.1 Å². The Balaban J connectivity index is 1.66. The second-order valence-electron chi connectivity index (χ2n) is 7.27. The fourth-order valence-corrected chi connectivity index (χ4v) is 4.25. The third-order valence-corrected chi connectivity index (χ3v) is 5.67. The van der Waals surface area contributed by atoms with Crippen molar-refractivity contribution in [3.8, 4) is 23.3 Å². The summed E-state index contributed by atoms with van der Waals surface area (Å²) in [7, 11) is 0. The molecule has 0 radical (unpaired) electrons. The summed E-state index contributed by atoms with van der Waals surface area (Å²) in [6.07, 6.45) is 0. The molecule has 0 spiro atoms. The van der Waals surface area contributed by atoms with E-state index in [1.165, 1.54) is 30.3 Å². The first-order valence-electron chi connectivity index (χ1n) is 10.1. The van der Waals surface area contributed by atoms with Crippen molar-refractivity contribution in [3.63, 3.8) is 0 Å². The van der Waals surface area contributed by atoms with E-state index in [0.717, 1.165) is 0 Å². The lowest BCUT2D eigenvalue weighted by molar-refractivity contribution is 0.0734. The number of ether oxygens (including phenoxy) is 3. The van der Waals surface area contributed by atoms with Gasteiger partial charge in [-0.1, -0.05) is 41.4 Å². The number of esters is 1. The van der Waals surface area contributed by atoms with Crippen LogP contribution in [0.5, 0.6) is 17.2 Å². The smallest absolute Gasteiger partial charge is 0.343 e. The number of nitrogens with zero attached hydrogens (tertiary/aromatic N) is 1. The molecule has 0 saturated heterocycles. The quantitative estimate of drug-likeness (QED) is 0.344. The maximum Gasteiger partial charge on any atom is 0.343 e. The van der Waals surface area contributed by atoms with Crippen LogP contribution in [0.25, 0.3) is 0 Å². The number of halogens is 3. The molecule has 0 bridgehead atoms. The molecule has 0 aliphatic carbocycles. The molecule has 0 saturated carbocycles. The highest BCUT2D eigenvalue weighted by Crippen LogP contribution is 2.43. The number of rotatable bonds is 5. The van der Waals surface area contributed by atoms with Crippen molar-refractivity contribution in [2.75, 3.05) is 6.61 Å². The zero-order valence-electron chi connectivity index (χ0n) is 17.8. The van der Waals surface area contributed by atoms with Crippen molar-refractivity contribution in [3.05, 3.63) is 98.6 Å². The van der Waals surface area contributed by atoms with E-state index in [0.29, 0.717) is 17.7 Å². The van der Waals surface area contributed by atoms with Crippen LogP contribution >= 0.6 is 23.2 Å². The largest absolute Gasteiger partial charge is 0.491 e. The van der Waals surface area contributed by atoms with Gasteiger partial charge in [-0.2, -0.15) is 5.26 Å². The summed E-state index contributed by atoms with van der Waals surface area (Å²) in [5.41, 5.74) is 7.36. The monoisotopic (exact) mass is 498 g/mol. The Labute approximate surface area is 204 Å².